The number of hydrogen-bond donors (Lipinski definition) is 0. The Labute approximate surface area is 123 Å². The maximum Gasteiger partial charge on any atom is 1.00 e. The predicted molar refractivity (Wildman–Crippen MR) is 80.1 cm³/mol. The molecule has 2 heteroatoms. The van der Waals surface area contributed by atoms with E-state index in [0.29, 0.717) is 15.9 Å². The van der Waals surface area contributed by atoms with Gasteiger partial charge in [0.05, 0.1) is 0 Å². The van der Waals surface area contributed by atoms with Gasteiger partial charge in [-0.05, 0) is 0 Å². The molecule has 0 aliphatic carbocycles. The fraction of sp³-hybridized carbons (Fsp3) is 1.00. The van der Waals surface area contributed by atoms with E-state index in [1.807, 2.05) is 0 Å². The molecule has 0 aromatic carbocycles. The van der Waals surface area contributed by atoms with E-state index in [2.05, 4.69) is 62.3 Å². The topological polar surface area (TPSA) is 0 Å². The van der Waals surface area contributed by atoms with Crippen molar-refractivity contribution >= 4 is 6.71 Å². The van der Waals surface area contributed by atoms with Crippen molar-refractivity contribution < 1.29 is 18.9 Å². The zero-order valence-electron chi connectivity index (χ0n) is 14.3. The van der Waals surface area contributed by atoms with Crippen molar-refractivity contribution in [1.82, 2.24) is 0 Å². The molecule has 0 fully saturated rings. The summed E-state index contributed by atoms with van der Waals surface area (Å²) in [6.07, 6.45) is 3.92. The average Bonchev–Trinajstić information content (AvgIpc) is 2.16. The van der Waals surface area contributed by atoms with Gasteiger partial charge in [0.1, 0.15) is 0 Å². The minimum absolute atomic E-state index is 0. The van der Waals surface area contributed by atoms with Crippen molar-refractivity contribution in [3.05, 3.63) is 0 Å². The van der Waals surface area contributed by atoms with Gasteiger partial charge in [0, 0.05) is 6.71 Å². The summed E-state index contributed by atoms with van der Waals surface area (Å²) in [5.41, 5.74) is 0. The molecule has 0 aromatic heterocycles. The molecule has 17 heavy (non-hydrogen) atoms. The normalized spacial score (nSPS) is 13.8. The Morgan fingerprint density at radius 1 is 0.588 bits per heavy atom. The van der Waals surface area contributed by atoms with E-state index in [0.717, 1.165) is 0 Å². The third kappa shape index (κ3) is 4.68. The first kappa shape index (κ1) is 20.0. The van der Waals surface area contributed by atoms with Gasteiger partial charge in [-0.15, -0.1) is 0 Å². The molecule has 0 rings (SSSR count). The molecule has 0 radical (unpaired) electrons. The summed E-state index contributed by atoms with van der Waals surface area (Å²) in [6, 6.07) is 0. The molecule has 0 heterocycles. The van der Waals surface area contributed by atoms with Crippen LogP contribution in [-0.2, 0) is 0 Å². The first-order valence-corrected chi connectivity index (χ1v) is 7.24. The van der Waals surface area contributed by atoms with Crippen LogP contribution in [0.2, 0.25) is 15.9 Å². The van der Waals surface area contributed by atoms with Crippen molar-refractivity contribution in [3.8, 4) is 0 Å². The largest absolute Gasteiger partial charge is 1.00 e. The molecule has 0 saturated heterocycles. The van der Waals surface area contributed by atoms with Gasteiger partial charge in [0.15, 0.2) is 0 Å². The Morgan fingerprint density at radius 3 is 0.882 bits per heavy atom. The smallest absolute Gasteiger partial charge is 0.162 e. The van der Waals surface area contributed by atoms with Crippen LogP contribution in [0.15, 0.2) is 0 Å². The average molecular weight is 232 g/mol. The molecular formula is C15H34BLi. The summed E-state index contributed by atoms with van der Waals surface area (Å²) in [5.74, 6) is 0. The Balaban J connectivity index is 0. The quantitative estimate of drug-likeness (QED) is 0.618. The van der Waals surface area contributed by atoms with Crippen LogP contribution >= 0.6 is 0 Å². The predicted octanol–water partition coefficient (Wildman–Crippen LogP) is 2.79. The fourth-order valence-corrected chi connectivity index (χ4v) is 4.64. The van der Waals surface area contributed by atoms with E-state index >= 15 is 0 Å². The second-order valence-electron chi connectivity index (χ2n) is 8.08. The van der Waals surface area contributed by atoms with Gasteiger partial charge in [-0.1, -0.05) is 81.6 Å². The summed E-state index contributed by atoms with van der Waals surface area (Å²) in [4.78, 5) is 0. The van der Waals surface area contributed by atoms with Crippen molar-refractivity contribution in [2.75, 3.05) is 0 Å². The van der Waals surface area contributed by atoms with Gasteiger partial charge in [-0.2, -0.15) is 15.9 Å². The molecule has 0 nitrogen and oxygen atoms in total. The standard InChI is InChI=1S/C15H34B.Li/c1-10-13(4,5)16(14(6,7)11-2)15(8,9)12-3;/h16H,10-12H2,1-9H3;/q-1;+1. The Hall–Kier alpha value is 0.662. The van der Waals surface area contributed by atoms with Crippen LogP contribution in [0.25, 0.3) is 0 Å². The molecule has 0 atom stereocenters. The van der Waals surface area contributed by atoms with E-state index in [9.17, 15) is 0 Å². The van der Waals surface area contributed by atoms with E-state index in [1.165, 1.54) is 19.3 Å². The summed E-state index contributed by atoms with van der Waals surface area (Å²) >= 11 is 0. The van der Waals surface area contributed by atoms with Gasteiger partial charge < -0.3 is 0 Å². The first-order valence-electron chi connectivity index (χ1n) is 7.24. The second kappa shape index (κ2) is 6.72. The van der Waals surface area contributed by atoms with Gasteiger partial charge in [0.2, 0.25) is 0 Å². The van der Waals surface area contributed by atoms with Crippen LogP contribution < -0.4 is 18.9 Å². The van der Waals surface area contributed by atoms with E-state index in [-0.39, 0.29) is 25.6 Å². The Bertz CT molecular complexity index is 181. The maximum atomic E-state index is 2.49. The Kier molecular flexibility index (Phi) is 7.90. The summed E-state index contributed by atoms with van der Waals surface area (Å²) < 4.78 is 0. The first-order chi connectivity index (χ1) is 7.05. The summed E-state index contributed by atoms with van der Waals surface area (Å²) in [6.45, 7) is 21.8. The van der Waals surface area contributed by atoms with Crippen LogP contribution in [0, 0.1) is 0 Å². The third-order valence-electron chi connectivity index (χ3n) is 5.74. The number of hydrogen-bond acceptors (Lipinski definition) is 0. The van der Waals surface area contributed by atoms with Gasteiger partial charge in [-0.25, -0.2) is 0 Å². The van der Waals surface area contributed by atoms with Crippen molar-refractivity contribution in [2.45, 2.75) is 97.5 Å². The van der Waals surface area contributed by atoms with Gasteiger partial charge >= 0.3 is 18.9 Å². The minimum atomic E-state index is -0.208. The zero-order valence-corrected chi connectivity index (χ0v) is 14.3. The van der Waals surface area contributed by atoms with Crippen LogP contribution in [0.1, 0.15) is 81.6 Å². The second-order valence-corrected chi connectivity index (χ2v) is 8.08. The summed E-state index contributed by atoms with van der Waals surface area (Å²) in [5, 5.41) is 1.54. The molecule has 0 spiro atoms. The molecule has 0 aliphatic heterocycles. The SMILES string of the molecule is CCC(C)(C)[BH-](C(C)(C)CC)C(C)(C)CC.[Li+]. The third-order valence-corrected chi connectivity index (χ3v) is 5.74. The van der Waals surface area contributed by atoms with Crippen molar-refractivity contribution in [2.24, 2.45) is 0 Å². The zero-order chi connectivity index (χ0) is 13.2. The van der Waals surface area contributed by atoms with Gasteiger partial charge in [0.25, 0.3) is 0 Å². The van der Waals surface area contributed by atoms with Gasteiger partial charge in [-0.3, -0.25) is 0 Å². The molecule has 0 saturated carbocycles. The molecule has 0 N–H and O–H groups in total. The van der Waals surface area contributed by atoms with Crippen LogP contribution in [0.5, 0.6) is 0 Å². The molecular weight excluding hydrogens is 198 g/mol. The van der Waals surface area contributed by atoms with Crippen molar-refractivity contribution in [3.63, 3.8) is 0 Å². The summed E-state index contributed by atoms with van der Waals surface area (Å²) in [7, 11) is 0. The number of rotatable bonds is 6. The monoisotopic (exact) mass is 232 g/mol. The van der Waals surface area contributed by atoms with Crippen LogP contribution in [0.4, 0.5) is 0 Å². The maximum absolute atomic E-state index is 2.49. The van der Waals surface area contributed by atoms with Crippen LogP contribution in [0.3, 0.4) is 0 Å². The molecule has 0 amide bonds. The Morgan fingerprint density at radius 2 is 0.765 bits per heavy atom. The molecule has 0 bridgehead atoms. The van der Waals surface area contributed by atoms with E-state index < -0.39 is 0 Å². The van der Waals surface area contributed by atoms with Crippen LogP contribution in [-0.4, -0.2) is 6.71 Å². The molecule has 98 valence electrons. The van der Waals surface area contributed by atoms with E-state index in [4.69, 9.17) is 0 Å². The minimum Gasteiger partial charge on any atom is -0.162 e. The fourth-order valence-electron chi connectivity index (χ4n) is 4.64. The molecule has 0 aliphatic rings. The molecule has 0 unspecified atom stereocenters. The van der Waals surface area contributed by atoms with Crippen molar-refractivity contribution in [1.29, 1.82) is 0 Å². The molecule has 0 aromatic rings. The van der Waals surface area contributed by atoms with E-state index in [1.54, 1.807) is 0 Å².